The topological polar surface area (TPSA) is 49.0 Å². The zero-order chi connectivity index (χ0) is 15.1. The van der Waals surface area contributed by atoms with Crippen molar-refractivity contribution in [1.82, 2.24) is 14.9 Å². The standard InChI is InChI=1S/C16H14FN3OS/c17-11-3-4-12-13(8-11)19-15(18-12)14-2-1-6-20(14)16(21)10-5-7-22-9-10/h3-5,7-9,14H,1-2,6H2,(H,18,19). The van der Waals surface area contributed by atoms with E-state index in [0.29, 0.717) is 5.52 Å². The summed E-state index contributed by atoms with van der Waals surface area (Å²) in [5, 5.41) is 3.77. The van der Waals surface area contributed by atoms with Gasteiger partial charge in [-0.3, -0.25) is 4.79 Å². The molecular weight excluding hydrogens is 301 g/mol. The van der Waals surface area contributed by atoms with Crippen LogP contribution in [-0.2, 0) is 0 Å². The number of aromatic nitrogens is 2. The lowest BCUT2D eigenvalue weighted by Gasteiger charge is -2.22. The zero-order valence-electron chi connectivity index (χ0n) is 11.8. The molecule has 1 atom stereocenters. The van der Waals surface area contributed by atoms with Gasteiger partial charge in [0.15, 0.2) is 0 Å². The van der Waals surface area contributed by atoms with Crippen molar-refractivity contribution in [3.8, 4) is 0 Å². The predicted molar refractivity (Wildman–Crippen MR) is 83.4 cm³/mol. The molecule has 1 aliphatic rings. The van der Waals surface area contributed by atoms with E-state index in [9.17, 15) is 9.18 Å². The molecule has 0 bridgehead atoms. The van der Waals surface area contributed by atoms with Gasteiger partial charge in [-0.05, 0) is 42.5 Å². The minimum Gasteiger partial charge on any atom is -0.340 e. The van der Waals surface area contributed by atoms with E-state index in [1.807, 2.05) is 21.7 Å². The van der Waals surface area contributed by atoms with Crippen molar-refractivity contribution < 1.29 is 9.18 Å². The lowest BCUT2D eigenvalue weighted by molar-refractivity contribution is 0.0731. The maximum absolute atomic E-state index is 13.3. The van der Waals surface area contributed by atoms with Crippen LogP contribution in [-0.4, -0.2) is 27.3 Å². The van der Waals surface area contributed by atoms with Crippen molar-refractivity contribution in [3.05, 3.63) is 52.2 Å². The van der Waals surface area contributed by atoms with E-state index in [4.69, 9.17) is 0 Å². The fourth-order valence-electron chi connectivity index (χ4n) is 3.01. The lowest BCUT2D eigenvalue weighted by atomic mass is 10.2. The fraction of sp³-hybridized carbons (Fsp3) is 0.250. The number of nitrogens with one attached hydrogen (secondary N) is 1. The molecule has 112 valence electrons. The van der Waals surface area contributed by atoms with Crippen LogP contribution in [0.2, 0.25) is 0 Å². The minimum atomic E-state index is -0.291. The number of halogens is 1. The van der Waals surface area contributed by atoms with Crippen molar-refractivity contribution in [3.63, 3.8) is 0 Å². The number of thiophene rings is 1. The summed E-state index contributed by atoms with van der Waals surface area (Å²) in [5.41, 5.74) is 2.12. The summed E-state index contributed by atoms with van der Waals surface area (Å²) in [5.74, 6) is 0.484. The molecule has 0 radical (unpaired) electrons. The summed E-state index contributed by atoms with van der Waals surface area (Å²) in [7, 11) is 0. The molecule has 1 saturated heterocycles. The van der Waals surface area contributed by atoms with Gasteiger partial charge in [0.2, 0.25) is 0 Å². The summed E-state index contributed by atoms with van der Waals surface area (Å²) >= 11 is 1.52. The minimum absolute atomic E-state index is 0.0374. The summed E-state index contributed by atoms with van der Waals surface area (Å²) in [6.45, 7) is 0.727. The van der Waals surface area contributed by atoms with Crippen LogP contribution < -0.4 is 0 Å². The molecular formula is C16H14FN3OS. The Morgan fingerprint density at radius 1 is 1.41 bits per heavy atom. The average molecular weight is 315 g/mol. The van der Waals surface area contributed by atoms with Gasteiger partial charge in [0.25, 0.3) is 5.91 Å². The second-order valence-electron chi connectivity index (χ2n) is 5.45. The molecule has 1 aromatic carbocycles. The highest BCUT2D eigenvalue weighted by molar-refractivity contribution is 7.08. The molecule has 6 heteroatoms. The van der Waals surface area contributed by atoms with Gasteiger partial charge in [0.1, 0.15) is 11.6 Å². The average Bonchev–Trinajstić information content (AvgIpc) is 3.24. The molecule has 0 aliphatic carbocycles. The van der Waals surface area contributed by atoms with E-state index in [1.54, 1.807) is 6.07 Å². The number of imidazole rings is 1. The Labute approximate surface area is 130 Å². The molecule has 3 aromatic rings. The number of benzene rings is 1. The highest BCUT2D eigenvalue weighted by atomic mass is 32.1. The first-order chi connectivity index (χ1) is 10.7. The number of rotatable bonds is 2. The van der Waals surface area contributed by atoms with Gasteiger partial charge in [-0.25, -0.2) is 9.37 Å². The van der Waals surface area contributed by atoms with E-state index < -0.39 is 0 Å². The Morgan fingerprint density at radius 2 is 2.32 bits per heavy atom. The number of hydrogen-bond donors (Lipinski definition) is 1. The summed E-state index contributed by atoms with van der Waals surface area (Å²) < 4.78 is 13.3. The van der Waals surface area contributed by atoms with Gasteiger partial charge in [0.05, 0.1) is 22.6 Å². The zero-order valence-corrected chi connectivity index (χ0v) is 12.6. The number of H-pyrrole nitrogens is 1. The molecule has 4 nitrogen and oxygen atoms in total. The molecule has 4 rings (SSSR count). The van der Waals surface area contributed by atoms with E-state index in [2.05, 4.69) is 9.97 Å². The Bertz CT molecular complexity index is 827. The second-order valence-corrected chi connectivity index (χ2v) is 6.23. The van der Waals surface area contributed by atoms with Crippen LogP contribution in [0.15, 0.2) is 35.0 Å². The molecule has 1 N–H and O–H groups in total. The number of carbonyl (C=O) groups excluding carboxylic acids is 1. The molecule has 2 aromatic heterocycles. The molecule has 1 unspecified atom stereocenters. The third-order valence-electron chi connectivity index (χ3n) is 4.06. The van der Waals surface area contributed by atoms with Crippen LogP contribution >= 0.6 is 11.3 Å². The number of aromatic amines is 1. The van der Waals surface area contributed by atoms with Gasteiger partial charge in [-0.15, -0.1) is 0 Å². The Kier molecular flexibility index (Phi) is 3.18. The van der Waals surface area contributed by atoms with Crippen LogP contribution in [0.5, 0.6) is 0 Å². The quantitative estimate of drug-likeness (QED) is 0.783. The van der Waals surface area contributed by atoms with Crippen molar-refractivity contribution in [2.24, 2.45) is 0 Å². The van der Waals surface area contributed by atoms with E-state index in [1.165, 1.54) is 23.5 Å². The predicted octanol–water partition coefficient (Wildman–Crippen LogP) is 3.74. The first-order valence-electron chi connectivity index (χ1n) is 7.21. The largest absolute Gasteiger partial charge is 0.340 e. The van der Waals surface area contributed by atoms with Crippen LogP contribution in [0.4, 0.5) is 4.39 Å². The molecule has 0 spiro atoms. The van der Waals surface area contributed by atoms with Crippen LogP contribution in [0.1, 0.15) is 35.1 Å². The van der Waals surface area contributed by atoms with E-state index >= 15 is 0 Å². The van der Waals surface area contributed by atoms with Crippen LogP contribution in [0.3, 0.4) is 0 Å². The summed E-state index contributed by atoms with van der Waals surface area (Å²) in [6.07, 6.45) is 1.82. The van der Waals surface area contributed by atoms with Crippen molar-refractivity contribution >= 4 is 28.3 Å². The second kappa shape index (κ2) is 5.21. The third kappa shape index (κ3) is 2.20. The first kappa shape index (κ1) is 13.5. The summed E-state index contributed by atoms with van der Waals surface area (Å²) in [6, 6.07) is 6.27. The molecule has 3 heterocycles. The van der Waals surface area contributed by atoms with Gasteiger partial charge in [-0.2, -0.15) is 11.3 Å². The molecule has 1 amide bonds. The van der Waals surface area contributed by atoms with Crippen LogP contribution in [0, 0.1) is 5.82 Å². The Balaban J connectivity index is 1.68. The van der Waals surface area contributed by atoms with Crippen molar-refractivity contribution in [2.75, 3.05) is 6.54 Å². The van der Waals surface area contributed by atoms with Gasteiger partial charge in [0, 0.05) is 11.9 Å². The normalized spacial score (nSPS) is 18.2. The first-order valence-corrected chi connectivity index (χ1v) is 8.15. The number of fused-ring (bicyclic) bond motifs is 1. The van der Waals surface area contributed by atoms with Crippen molar-refractivity contribution in [1.29, 1.82) is 0 Å². The highest BCUT2D eigenvalue weighted by Gasteiger charge is 2.32. The lowest BCUT2D eigenvalue weighted by Crippen LogP contribution is -2.30. The number of amides is 1. The molecule has 1 aliphatic heterocycles. The van der Waals surface area contributed by atoms with E-state index in [-0.39, 0.29) is 17.8 Å². The monoisotopic (exact) mass is 315 g/mol. The Morgan fingerprint density at radius 3 is 3.14 bits per heavy atom. The van der Waals surface area contributed by atoms with Gasteiger partial charge < -0.3 is 9.88 Å². The smallest absolute Gasteiger partial charge is 0.255 e. The third-order valence-corrected chi connectivity index (χ3v) is 4.74. The molecule has 1 fully saturated rings. The fourth-order valence-corrected chi connectivity index (χ4v) is 3.64. The number of likely N-dealkylation sites (tertiary alicyclic amines) is 1. The van der Waals surface area contributed by atoms with Crippen molar-refractivity contribution in [2.45, 2.75) is 18.9 Å². The number of carbonyl (C=O) groups is 1. The molecule has 0 saturated carbocycles. The van der Waals surface area contributed by atoms with Gasteiger partial charge >= 0.3 is 0 Å². The number of nitrogens with zero attached hydrogens (tertiary/aromatic N) is 2. The SMILES string of the molecule is O=C(c1ccsc1)N1CCCC1c1nc2ccc(F)cc2[nH]1. The number of hydrogen-bond acceptors (Lipinski definition) is 3. The summed E-state index contributed by atoms with van der Waals surface area (Å²) in [4.78, 5) is 22.2. The van der Waals surface area contributed by atoms with E-state index in [0.717, 1.165) is 36.3 Å². The maximum Gasteiger partial charge on any atom is 0.255 e. The van der Waals surface area contributed by atoms with Gasteiger partial charge in [-0.1, -0.05) is 0 Å². The van der Waals surface area contributed by atoms with Crippen LogP contribution in [0.25, 0.3) is 11.0 Å². The highest BCUT2D eigenvalue weighted by Crippen LogP contribution is 2.33. The molecule has 22 heavy (non-hydrogen) atoms. The maximum atomic E-state index is 13.3. The Hall–Kier alpha value is -2.21.